The van der Waals surface area contributed by atoms with Crippen molar-refractivity contribution in [1.82, 2.24) is 4.98 Å². The summed E-state index contributed by atoms with van der Waals surface area (Å²) in [5.74, 6) is 0.575. The van der Waals surface area contributed by atoms with Crippen molar-refractivity contribution in [3.05, 3.63) is 36.3 Å². The van der Waals surface area contributed by atoms with E-state index >= 15 is 0 Å². The maximum absolute atomic E-state index is 12.7. The van der Waals surface area contributed by atoms with E-state index in [4.69, 9.17) is 9.68 Å². The van der Waals surface area contributed by atoms with Crippen molar-refractivity contribution >= 4 is 11.8 Å². The largest absolute Gasteiger partial charge is 0.431 e. The summed E-state index contributed by atoms with van der Waals surface area (Å²) in [6.45, 7) is 0. The predicted molar refractivity (Wildman–Crippen MR) is 58.2 cm³/mol. The lowest BCUT2D eigenvalue weighted by molar-refractivity contribution is 0.466. The zero-order valence-corrected chi connectivity index (χ0v) is 9.00. The molecule has 0 atom stereocenters. The van der Waals surface area contributed by atoms with Crippen LogP contribution in [0.25, 0.3) is 11.3 Å². The van der Waals surface area contributed by atoms with Crippen LogP contribution in [0.5, 0.6) is 0 Å². The van der Waals surface area contributed by atoms with Crippen LogP contribution in [-0.4, -0.2) is 10.7 Å². The highest BCUT2D eigenvalue weighted by Crippen LogP contribution is 2.25. The van der Waals surface area contributed by atoms with Gasteiger partial charge in [0.1, 0.15) is 5.82 Å². The van der Waals surface area contributed by atoms with E-state index in [2.05, 4.69) is 4.98 Å². The van der Waals surface area contributed by atoms with E-state index in [9.17, 15) is 4.39 Å². The van der Waals surface area contributed by atoms with E-state index in [1.54, 1.807) is 18.3 Å². The lowest BCUT2D eigenvalue weighted by Crippen LogP contribution is -1.75. The molecule has 0 aliphatic carbocycles. The van der Waals surface area contributed by atoms with Crippen LogP contribution in [0, 0.1) is 17.1 Å². The van der Waals surface area contributed by atoms with Crippen molar-refractivity contribution in [2.45, 2.75) is 5.22 Å². The van der Waals surface area contributed by atoms with Gasteiger partial charge in [0.05, 0.1) is 18.0 Å². The summed E-state index contributed by atoms with van der Waals surface area (Å²) in [5, 5.41) is 8.85. The summed E-state index contributed by atoms with van der Waals surface area (Å²) in [6, 6.07) is 7.95. The Bertz CT molecular complexity index is 516. The quantitative estimate of drug-likeness (QED) is 0.766. The van der Waals surface area contributed by atoms with Crippen molar-refractivity contribution in [2.75, 3.05) is 5.75 Å². The van der Waals surface area contributed by atoms with Crippen LogP contribution in [0.15, 0.2) is 40.1 Å². The molecule has 0 aliphatic heterocycles. The second kappa shape index (κ2) is 4.81. The number of hydrogen-bond acceptors (Lipinski definition) is 4. The molecule has 1 aromatic carbocycles. The van der Waals surface area contributed by atoms with Crippen molar-refractivity contribution in [3.63, 3.8) is 0 Å². The molecule has 0 radical (unpaired) electrons. The van der Waals surface area contributed by atoms with Gasteiger partial charge in [-0.1, -0.05) is 11.8 Å². The zero-order valence-electron chi connectivity index (χ0n) is 8.18. The number of thioether (sulfide) groups is 1. The Labute approximate surface area is 95.9 Å². The highest BCUT2D eigenvalue weighted by atomic mass is 32.2. The third kappa shape index (κ3) is 2.41. The predicted octanol–water partition coefficient (Wildman–Crippen LogP) is 3.10. The average Bonchev–Trinajstić information content (AvgIpc) is 2.76. The van der Waals surface area contributed by atoms with E-state index in [1.807, 2.05) is 6.07 Å². The first-order valence-corrected chi connectivity index (χ1v) is 5.49. The number of halogens is 1. The third-order valence-electron chi connectivity index (χ3n) is 1.87. The number of aromatic nitrogens is 1. The highest BCUT2D eigenvalue weighted by molar-refractivity contribution is 7.99. The second-order valence-corrected chi connectivity index (χ2v) is 3.87. The highest BCUT2D eigenvalue weighted by Gasteiger charge is 2.06. The molecule has 2 aromatic rings. The van der Waals surface area contributed by atoms with Crippen molar-refractivity contribution in [2.24, 2.45) is 0 Å². The van der Waals surface area contributed by atoms with Crippen molar-refractivity contribution in [3.8, 4) is 17.4 Å². The molecule has 80 valence electrons. The molecule has 1 aromatic heterocycles. The minimum atomic E-state index is -0.289. The molecule has 2 rings (SSSR count). The van der Waals surface area contributed by atoms with Crippen LogP contribution >= 0.6 is 11.8 Å². The number of rotatable bonds is 3. The standard InChI is InChI=1S/C11H7FN2OS/c12-9-3-1-8(2-4-9)10-7-14-11(15-10)16-6-5-13/h1-4,7H,6H2. The molecule has 0 fully saturated rings. The summed E-state index contributed by atoms with van der Waals surface area (Å²) in [4.78, 5) is 4.00. The first-order valence-electron chi connectivity index (χ1n) is 4.51. The molecule has 1 heterocycles. The number of benzene rings is 1. The van der Waals surface area contributed by atoms with Gasteiger partial charge in [-0.3, -0.25) is 0 Å². The molecule has 0 spiro atoms. The average molecular weight is 234 g/mol. The van der Waals surface area contributed by atoms with Crippen LogP contribution in [0.1, 0.15) is 0 Å². The summed E-state index contributed by atoms with van der Waals surface area (Å²) in [5.41, 5.74) is 0.762. The van der Waals surface area contributed by atoms with Gasteiger partial charge in [0.15, 0.2) is 5.76 Å². The molecule has 0 saturated heterocycles. The Balaban J connectivity index is 2.18. The van der Waals surface area contributed by atoms with Gasteiger partial charge in [-0.2, -0.15) is 5.26 Å². The topological polar surface area (TPSA) is 49.8 Å². The van der Waals surface area contributed by atoms with E-state index in [0.29, 0.717) is 16.7 Å². The fraction of sp³-hybridized carbons (Fsp3) is 0.0909. The number of nitriles is 1. The summed E-state index contributed by atoms with van der Waals surface area (Å²) < 4.78 is 18.1. The maximum atomic E-state index is 12.7. The molecule has 16 heavy (non-hydrogen) atoms. The lowest BCUT2D eigenvalue weighted by Gasteiger charge is -1.94. The number of hydrogen-bond donors (Lipinski definition) is 0. The summed E-state index contributed by atoms with van der Waals surface area (Å²) in [7, 11) is 0. The molecule has 0 N–H and O–H groups in total. The van der Waals surface area contributed by atoms with Gasteiger partial charge in [0.2, 0.25) is 0 Å². The molecule has 5 heteroatoms. The molecule has 3 nitrogen and oxygen atoms in total. The smallest absolute Gasteiger partial charge is 0.257 e. The molecule has 0 bridgehead atoms. The molecule has 0 aliphatic rings. The Kier molecular flexibility index (Phi) is 3.22. The molecule has 0 saturated carbocycles. The van der Waals surface area contributed by atoms with E-state index in [-0.39, 0.29) is 5.82 Å². The Morgan fingerprint density at radius 1 is 1.38 bits per heavy atom. The van der Waals surface area contributed by atoms with Gasteiger partial charge in [-0.15, -0.1) is 0 Å². The Hall–Kier alpha value is -1.80. The molecule has 0 amide bonds. The van der Waals surface area contributed by atoms with Gasteiger partial charge in [0, 0.05) is 5.56 Å². The second-order valence-electron chi connectivity index (χ2n) is 2.94. The van der Waals surface area contributed by atoms with Gasteiger partial charge >= 0.3 is 0 Å². The fourth-order valence-electron chi connectivity index (χ4n) is 1.17. The van der Waals surface area contributed by atoms with Gasteiger partial charge in [-0.05, 0) is 24.3 Å². The first kappa shape index (κ1) is 10.7. The lowest BCUT2D eigenvalue weighted by atomic mass is 10.2. The maximum Gasteiger partial charge on any atom is 0.257 e. The molecular weight excluding hydrogens is 227 g/mol. The van der Waals surface area contributed by atoms with E-state index in [1.165, 1.54) is 23.9 Å². The van der Waals surface area contributed by atoms with Crippen LogP contribution in [0.2, 0.25) is 0 Å². The van der Waals surface area contributed by atoms with Crippen LogP contribution in [0.4, 0.5) is 4.39 Å². The zero-order chi connectivity index (χ0) is 11.4. The Morgan fingerprint density at radius 2 is 2.12 bits per heavy atom. The molecular formula is C11H7FN2OS. The number of oxazole rings is 1. The summed E-state index contributed by atoms with van der Waals surface area (Å²) >= 11 is 1.23. The van der Waals surface area contributed by atoms with E-state index in [0.717, 1.165) is 5.56 Å². The Morgan fingerprint density at radius 3 is 2.81 bits per heavy atom. The van der Waals surface area contributed by atoms with Gasteiger partial charge < -0.3 is 4.42 Å². The summed E-state index contributed by atoms with van der Waals surface area (Å²) in [6.07, 6.45) is 1.56. The van der Waals surface area contributed by atoms with Crippen LogP contribution < -0.4 is 0 Å². The monoisotopic (exact) mass is 234 g/mol. The first-order chi connectivity index (χ1) is 7.79. The van der Waals surface area contributed by atoms with Crippen molar-refractivity contribution in [1.29, 1.82) is 5.26 Å². The van der Waals surface area contributed by atoms with Gasteiger partial charge in [-0.25, -0.2) is 9.37 Å². The van der Waals surface area contributed by atoms with Gasteiger partial charge in [0.25, 0.3) is 5.22 Å². The molecule has 0 unspecified atom stereocenters. The minimum absolute atomic E-state index is 0.289. The number of nitrogens with zero attached hydrogens (tertiary/aromatic N) is 2. The van der Waals surface area contributed by atoms with Crippen molar-refractivity contribution < 1.29 is 8.81 Å². The van der Waals surface area contributed by atoms with Crippen LogP contribution in [-0.2, 0) is 0 Å². The normalized spacial score (nSPS) is 10.0. The fourth-order valence-corrected chi connectivity index (χ4v) is 1.63. The third-order valence-corrected chi connectivity index (χ3v) is 2.58. The minimum Gasteiger partial charge on any atom is -0.431 e. The SMILES string of the molecule is N#CCSc1ncc(-c2ccc(F)cc2)o1. The van der Waals surface area contributed by atoms with Crippen LogP contribution in [0.3, 0.4) is 0 Å². The van der Waals surface area contributed by atoms with E-state index < -0.39 is 0 Å².